The van der Waals surface area contributed by atoms with Gasteiger partial charge in [-0.25, -0.2) is 0 Å². The maximum Gasteiger partial charge on any atom is 0.573 e. The number of halogens is 4. The molecule has 2 aromatic carbocycles. The molecule has 4 rings (SSSR count). The van der Waals surface area contributed by atoms with Crippen molar-refractivity contribution in [1.29, 1.82) is 0 Å². The van der Waals surface area contributed by atoms with E-state index in [1.165, 1.54) is 18.2 Å². The van der Waals surface area contributed by atoms with Crippen molar-refractivity contribution in [1.82, 2.24) is 9.88 Å². The van der Waals surface area contributed by atoms with Gasteiger partial charge in [0.25, 0.3) is 11.8 Å². The Hall–Kier alpha value is -3.29. The van der Waals surface area contributed by atoms with Gasteiger partial charge in [0.2, 0.25) is 0 Å². The van der Waals surface area contributed by atoms with Crippen molar-refractivity contribution < 1.29 is 27.5 Å². The number of nitrogens with two attached hydrogens (primary N) is 2. The molecule has 0 radical (unpaired) electrons. The Bertz CT molecular complexity index is 1420. The minimum atomic E-state index is -4.81. The molecule has 1 saturated carbocycles. The molecule has 1 heterocycles. The summed E-state index contributed by atoms with van der Waals surface area (Å²) in [4.78, 5) is 34.5. The Kier molecular flexibility index (Phi) is 9.19. The predicted octanol–water partition coefficient (Wildman–Crippen LogP) is 6.14. The highest BCUT2D eigenvalue weighted by molar-refractivity contribution is 14.1. The summed E-state index contributed by atoms with van der Waals surface area (Å²) >= 11 is 2.43. The van der Waals surface area contributed by atoms with Crippen molar-refractivity contribution >= 4 is 51.3 Å². The molecular formula is C29H33F3IN5O3. The number of benzene rings is 2. The maximum absolute atomic E-state index is 13.9. The second kappa shape index (κ2) is 12.3. The summed E-state index contributed by atoms with van der Waals surface area (Å²) in [6, 6.07) is 12.2. The first kappa shape index (κ1) is 30.7. The molecule has 0 spiro atoms. The van der Waals surface area contributed by atoms with Gasteiger partial charge in [-0.3, -0.25) is 9.59 Å². The van der Waals surface area contributed by atoms with E-state index >= 15 is 0 Å². The minimum absolute atomic E-state index is 0.0257. The minimum Gasteiger partial charge on any atom is -0.406 e. The van der Waals surface area contributed by atoms with Crippen LogP contribution in [-0.2, 0) is 6.54 Å². The molecule has 0 aliphatic heterocycles. The van der Waals surface area contributed by atoms with E-state index in [2.05, 4.69) is 51.2 Å². The van der Waals surface area contributed by atoms with Crippen LogP contribution in [0.15, 0.2) is 53.5 Å². The summed E-state index contributed by atoms with van der Waals surface area (Å²) in [6.45, 7) is 4.85. The number of aliphatic imine (C=N–C) groups is 1. The average molecular weight is 684 g/mol. The Morgan fingerprint density at radius 3 is 2.29 bits per heavy atom. The number of nitrogens with one attached hydrogen (secondary N) is 1. The van der Waals surface area contributed by atoms with Crippen LogP contribution in [0, 0.1) is 11.3 Å². The summed E-state index contributed by atoms with van der Waals surface area (Å²) in [5, 5.41) is 0.435. The number of hydrogen-bond acceptors (Lipinski definition) is 3. The number of fused-ring (bicyclic) bond motifs is 1. The molecule has 220 valence electrons. The highest BCUT2D eigenvalue weighted by Gasteiger charge is 2.36. The Morgan fingerprint density at radius 1 is 1.05 bits per heavy atom. The van der Waals surface area contributed by atoms with Crippen LogP contribution in [0.5, 0.6) is 5.75 Å². The van der Waals surface area contributed by atoms with Crippen LogP contribution in [0.2, 0.25) is 0 Å². The van der Waals surface area contributed by atoms with E-state index in [1.54, 1.807) is 30.3 Å². The monoisotopic (exact) mass is 683 g/mol. The van der Waals surface area contributed by atoms with Crippen molar-refractivity contribution in [3.8, 4) is 5.75 Å². The number of carbonyl (C=O) groups excluding carboxylic acids is 2. The molecule has 0 bridgehead atoms. The summed E-state index contributed by atoms with van der Waals surface area (Å²) in [6.07, 6.45) is -1.17. The van der Waals surface area contributed by atoms with Crippen LogP contribution in [0.3, 0.4) is 0 Å². The van der Waals surface area contributed by atoms with Gasteiger partial charge < -0.3 is 26.1 Å². The highest BCUT2D eigenvalue weighted by atomic mass is 127. The van der Waals surface area contributed by atoms with Crippen molar-refractivity contribution in [2.75, 3.05) is 4.43 Å². The second-order valence-electron chi connectivity index (χ2n) is 11.1. The fourth-order valence-electron chi connectivity index (χ4n) is 5.35. The zero-order valence-electron chi connectivity index (χ0n) is 22.8. The fraction of sp³-hybridized carbons (Fsp3) is 0.414. The zero-order valence-corrected chi connectivity index (χ0v) is 25.0. The SMILES string of the molecule is CC(C)(CI)C1CCC(N(Cc2ccc(C(=O)N=C(N)N)cc2)C(=O)c2cc3cc(OC(F)(F)F)ccc3[nH]2)CC1. The summed E-state index contributed by atoms with van der Waals surface area (Å²) in [7, 11) is 0. The standard InChI is InChI=1S/C29H33F3IN5O3/c1-28(2,16-33)20-7-9-21(10-8-20)38(15-17-3-5-18(6-4-17)25(39)37-27(34)35)26(40)24-14-19-13-22(41-29(30,31)32)11-12-23(19)36-24/h3-6,11-14,20-21,36H,7-10,15-16H2,1-2H3,(H4,34,35,37,39). The number of hydrogen-bond donors (Lipinski definition) is 3. The molecule has 1 fully saturated rings. The number of aromatic nitrogens is 1. The van der Waals surface area contributed by atoms with Gasteiger partial charge in [0.15, 0.2) is 5.96 Å². The number of alkyl halides is 4. The van der Waals surface area contributed by atoms with Gasteiger partial charge in [-0.15, -0.1) is 13.2 Å². The molecule has 41 heavy (non-hydrogen) atoms. The van der Waals surface area contributed by atoms with E-state index in [-0.39, 0.29) is 34.8 Å². The van der Waals surface area contributed by atoms with Gasteiger partial charge >= 0.3 is 6.36 Å². The number of rotatable bonds is 8. The number of nitrogens with zero attached hydrogens (tertiary/aromatic N) is 2. The number of H-pyrrole nitrogens is 1. The lowest BCUT2D eigenvalue weighted by molar-refractivity contribution is -0.274. The topological polar surface area (TPSA) is 127 Å². The van der Waals surface area contributed by atoms with E-state index in [1.807, 2.05) is 4.90 Å². The van der Waals surface area contributed by atoms with Crippen LogP contribution in [0.4, 0.5) is 13.2 Å². The molecule has 1 aliphatic carbocycles. The molecule has 0 atom stereocenters. The third-order valence-corrected chi connectivity index (χ3v) is 9.65. The summed E-state index contributed by atoms with van der Waals surface area (Å²) < 4.78 is 43.2. The van der Waals surface area contributed by atoms with E-state index in [4.69, 9.17) is 11.5 Å². The van der Waals surface area contributed by atoms with Gasteiger partial charge in [-0.05, 0) is 79.0 Å². The molecule has 0 saturated heterocycles. The smallest absolute Gasteiger partial charge is 0.406 e. The summed E-state index contributed by atoms with van der Waals surface area (Å²) in [5.74, 6) is -0.947. The Balaban J connectivity index is 1.60. The molecule has 2 amide bonds. The Labute approximate surface area is 249 Å². The number of amides is 2. The van der Waals surface area contributed by atoms with Crippen molar-refractivity contribution in [3.05, 3.63) is 65.4 Å². The summed E-state index contributed by atoms with van der Waals surface area (Å²) in [5.41, 5.74) is 12.7. The van der Waals surface area contributed by atoms with Gasteiger partial charge in [-0.2, -0.15) is 4.99 Å². The molecule has 5 N–H and O–H groups in total. The normalized spacial score (nSPS) is 17.7. The lowest BCUT2D eigenvalue weighted by Crippen LogP contribution is -2.43. The number of carbonyl (C=O) groups is 2. The number of guanidine groups is 1. The van der Waals surface area contributed by atoms with E-state index in [9.17, 15) is 22.8 Å². The third kappa shape index (κ3) is 7.72. The zero-order chi connectivity index (χ0) is 29.9. The second-order valence-corrected chi connectivity index (χ2v) is 11.8. The molecule has 1 aliphatic rings. The first-order valence-corrected chi connectivity index (χ1v) is 14.8. The molecule has 3 aromatic rings. The highest BCUT2D eigenvalue weighted by Crippen LogP contribution is 2.41. The van der Waals surface area contributed by atoms with Gasteiger partial charge in [-0.1, -0.05) is 48.6 Å². The lowest BCUT2D eigenvalue weighted by atomic mass is 9.71. The van der Waals surface area contributed by atoms with Crippen molar-refractivity contribution in [2.45, 2.75) is 58.5 Å². The molecule has 1 aromatic heterocycles. The third-order valence-electron chi connectivity index (χ3n) is 7.69. The van der Waals surface area contributed by atoms with Gasteiger partial charge in [0.1, 0.15) is 11.4 Å². The van der Waals surface area contributed by atoms with E-state index < -0.39 is 12.3 Å². The fourth-order valence-corrected chi connectivity index (χ4v) is 5.98. The van der Waals surface area contributed by atoms with Crippen LogP contribution < -0.4 is 16.2 Å². The van der Waals surface area contributed by atoms with Gasteiger partial charge in [0, 0.05) is 33.5 Å². The predicted molar refractivity (Wildman–Crippen MR) is 160 cm³/mol. The largest absolute Gasteiger partial charge is 0.573 e. The molecular weight excluding hydrogens is 650 g/mol. The van der Waals surface area contributed by atoms with Crippen LogP contribution in [-0.4, -0.2) is 44.5 Å². The first-order chi connectivity index (χ1) is 19.3. The molecule has 12 heteroatoms. The first-order valence-electron chi connectivity index (χ1n) is 13.2. The van der Waals surface area contributed by atoms with Crippen LogP contribution in [0.1, 0.15) is 65.9 Å². The molecule has 0 unspecified atom stereocenters. The Morgan fingerprint density at radius 2 is 1.71 bits per heavy atom. The number of aromatic amines is 1. The lowest BCUT2D eigenvalue weighted by Gasteiger charge is -2.42. The molecule has 8 nitrogen and oxygen atoms in total. The van der Waals surface area contributed by atoms with Crippen molar-refractivity contribution in [3.63, 3.8) is 0 Å². The maximum atomic E-state index is 13.9. The van der Waals surface area contributed by atoms with E-state index in [0.717, 1.165) is 35.7 Å². The number of ether oxygens (including phenoxy) is 1. The van der Waals surface area contributed by atoms with Crippen LogP contribution in [0.25, 0.3) is 10.9 Å². The van der Waals surface area contributed by atoms with Crippen molar-refractivity contribution in [2.24, 2.45) is 27.8 Å². The van der Waals surface area contributed by atoms with E-state index in [0.29, 0.717) is 28.9 Å². The quantitative estimate of drug-likeness (QED) is 0.114. The van der Waals surface area contributed by atoms with Gasteiger partial charge in [0.05, 0.1) is 0 Å². The van der Waals surface area contributed by atoms with Crippen LogP contribution >= 0.6 is 22.6 Å². The average Bonchev–Trinajstić information content (AvgIpc) is 3.34.